The van der Waals surface area contributed by atoms with Crippen molar-refractivity contribution >= 4 is 39.8 Å². The molecule has 9 nitrogen and oxygen atoms in total. The molecule has 206 valence electrons. The summed E-state index contributed by atoms with van der Waals surface area (Å²) in [6.45, 7) is 7.90. The summed E-state index contributed by atoms with van der Waals surface area (Å²) in [7, 11) is 3.68. The van der Waals surface area contributed by atoms with E-state index in [1.54, 1.807) is 13.3 Å². The number of benzene rings is 2. The van der Waals surface area contributed by atoms with Gasteiger partial charge in [-0.3, -0.25) is 4.79 Å². The van der Waals surface area contributed by atoms with E-state index in [-0.39, 0.29) is 5.91 Å². The SMILES string of the molecule is C=CC(=O)Nc1cc(Nc2nccc(-c3cn(C)c4ccccc34)n2)c(OC)cc1N1CCC(N2CCC2)CC1. The predicted octanol–water partition coefficient (Wildman–Crippen LogP) is 5.19. The van der Waals surface area contributed by atoms with Crippen molar-refractivity contribution in [1.82, 2.24) is 19.4 Å². The zero-order chi connectivity index (χ0) is 27.6. The van der Waals surface area contributed by atoms with Gasteiger partial charge < -0.3 is 29.7 Å². The predicted molar refractivity (Wildman–Crippen MR) is 160 cm³/mol. The van der Waals surface area contributed by atoms with E-state index in [1.807, 2.05) is 37.4 Å². The van der Waals surface area contributed by atoms with Crippen molar-refractivity contribution in [2.75, 3.05) is 48.8 Å². The van der Waals surface area contributed by atoms with Crippen LogP contribution in [0, 0.1) is 0 Å². The monoisotopic (exact) mass is 537 g/mol. The lowest BCUT2D eigenvalue weighted by Gasteiger charge is -2.43. The Bertz CT molecular complexity index is 1550. The molecule has 0 unspecified atom stereocenters. The number of nitrogens with zero attached hydrogens (tertiary/aromatic N) is 5. The molecule has 9 heteroatoms. The van der Waals surface area contributed by atoms with Gasteiger partial charge >= 0.3 is 0 Å². The number of para-hydroxylation sites is 1. The first kappa shape index (κ1) is 25.9. The Kier molecular flexibility index (Phi) is 7.13. The van der Waals surface area contributed by atoms with Crippen molar-refractivity contribution in [3.8, 4) is 17.0 Å². The van der Waals surface area contributed by atoms with Gasteiger partial charge in [-0.25, -0.2) is 9.97 Å². The second-order valence-corrected chi connectivity index (χ2v) is 10.4. The Morgan fingerprint density at radius 1 is 1.10 bits per heavy atom. The highest BCUT2D eigenvalue weighted by molar-refractivity contribution is 6.02. The second-order valence-electron chi connectivity index (χ2n) is 10.4. The van der Waals surface area contributed by atoms with E-state index >= 15 is 0 Å². The Labute approximate surface area is 234 Å². The zero-order valence-electron chi connectivity index (χ0n) is 23.1. The van der Waals surface area contributed by atoms with Gasteiger partial charge in [0.15, 0.2) is 0 Å². The number of methoxy groups -OCH3 is 1. The lowest BCUT2D eigenvalue weighted by Crippen LogP contribution is -2.50. The number of ether oxygens (including phenoxy) is 1. The van der Waals surface area contributed by atoms with E-state index in [0.29, 0.717) is 29.1 Å². The molecule has 0 spiro atoms. The maximum absolute atomic E-state index is 12.4. The summed E-state index contributed by atoms with van der Waals surface area (Å²) < 4.78 is 7.91. The van der Waals surface area contributed by atoms with Gasteiger partial charge in [0, 0.05) is 61.1 Å². The van der Waals surface area contributed by atoms with Gasteiger partial charge in [0.05, 0.1) is 29.9 Å². The van der Waals surface area contributed by atoms with E-state index in [2.05, 4.69) is 54.9 Å². The van der Waals surface area contributed by atoms with Crippen molar-refractivity contribution < 1.29 is 9.53 Å². The lowest BCUT2D eigenvalue weighted by atomic mass is 9.99. The Hall–Kier alpha value is -4.37. The third kappa shape index (κ3) is 5.00. The average Bonchev–Trinajstić information content (AvgIpc) is 3.29. The minimum Gasteiger partial charge on any atom is -0.494 e. The van der Waals surface area contributed by atoms with Crippen molar-refractivity contribution in [2.45, 2.75) is 25.3 Å². The highest BCUT2D eigenvalue weighted by Crippen LogP contribution is 2.40. The molecule has 0 bridgehead atoms. The molecular formula is C31H35N7O2. The van der Waals surface area contributed by atoms with Crippen LogP contribution in [0.25, 0.3) is 22.2 Å². The fourth-order valence-corrected chi connectivity index (χ4v) is 5.79. The number of aromatic nitrogens is 3. The van der Waals surface area contributed by atoms with Crippen LogP contribution >= 0.6 is 0 Å². The fraction of sp³-hybridized carbons (Fsp3) is 0.323. The van der Waals surface area contributed by atoms with Gasteiger partial charge in [-0.15, -0.1) is 0 Å². The van der Waals surface area contributed by atoms with E-state index in [1.165, 1.54) is 25.6 Å². The molecule has 2 fully saturated rings. The number of likely N-dealkylation sites (tertiary alicyclic amines) is 1. The number of fused-ring (bicyclic) bond motifs is 1. The van der Waals surface area contributed by atoms with Crippen molar-refractivity contribution in [2.24, 2.45) is 7.05 Å². The molecule has 0 aliphatic carbocycles. The highest BCUT2D eigenvalue weighted by Gasteiger charge is 2.29. The number of hydrogen-bond donors (Lipinski definition) is 2. The Morgan fingerprint density at radius 3 is 2.62 bits per heavy atom. The molecule has 4 aromatic rings. The van der Waals surface area contributed by atoms with Gasteiger partial charge in [0.2, 0.25) is 11.9 Å². The second kappa shape index (κ2) is 11.0. The molecule has 2 N–H and O–H groups in total. The summed E-state index contributed by atoms with van der Waals surface area (Å²) in [6, 6.07) is 14.7. The molecule has 2 aromatic heterocycles. The van der Waals surface area contributed by atoms with Crippen LogP contribution < -0.4 is 20.3 Å². The van der Waals surface area contributed by atoms with E-state index in [9.17, 15) is 4.79 Å². The van der Waals surface area contributed by atoms with Gasteiger partial charge in [0.1, 0.15) is 5.75 Å². The third-order valence-electron chi connectivity index (χ3n) is 8.05. The van der Waals surface area contributed by atoms with Crippen LogP contribution in [0.15, 0.2) is 67.5 Å². The number of hydrogen-bond acceptors (Lipinski definition) is 7. The first-order chi connectivity index (χ1) is 19.5. The van der Waals surface area contributed by atoms with E-state index < -0.39 is 0 Å². The molecule has 2 saturated heterocycles. The van der Waals surface area contributed by atoms with Gasteiger partial charge in [-0.05, 0) is 56.6 Å². The molecular weight excluding hydrogens is 502 g/mol. The molecule has 40 heavy (non-hydrogen) atoms. The van der Waals surface area contributed by atoms with Crippen molar-refractivity contribution in [1.29, 1.82) is 0 Å². The van der Waals surface area contributed by atoms with Crippen LogP contribution in [0.4, 0.5) is 23.0 Å². The summed E-state index contributed by atoms with van der Waals surface area (Å²) in [6.07, 6.45) is 8.63. The van der Waals surface area contributed by atoms with Crippen LogP contribution in [0.5, 0.6) is 5.75 Å². The van der Waals surface area contributed by atoms with Gasteiger partial charge in [-0.1, -0.05) is 24.8 Å². The van der Waals surface area contributed by atoms with Crippen molar-refractivity contribution in [3.05, 3.63) is 67.5 Å². The number of piperidine rings is 1. The largest absolute Gasteiger partial charge is 0.494 e. The number of carbonyl (C=O) groups is 1. The van der Waals surface area contributed by atoms with Gasteiger partial charge in [-0.2, -0.15) is 0 Å². The quantitative estimate of drug-likeness (QED) is 0.299. The topological polar surface area (TPSA) is 87.5 Å². The first-order valence-electron chi connectivity index (χ1n) is 13.8. The molecule has 0 radical (unpaired) electrons. The van der Waals surface area contributed by atoms with Crippen molar-refractivity contribution in [3.63, 3.8) is 0 Å². The van der Waals surface area contributed by atoms with Crippen LogP contribution in [-0.2, 0) is 11.8 Å². The van der Waals surface area contributed by atoms with Crippen LogP contribution in [-0.4, -0.2) is 64.7 Å². The highest BCUT2D eigenvalue weighted by atomic mass is 16.5. The number of anilines is 4. The molecule has 1 amide bonds. The van der Waals surface area contributed by atoms with Gasteiger partial charge in [0.25, 0.3) is 0 Å². The van der Waals surface area contributed by atoms with Crippen LogP contribution in [0.3, 0.4) is 0 Å². The lowest BCUT2D eigenvalue weighted by molar-refractivity contribution is -0.111. The summed E-state index contributed by atoms with van der Waals surface area (Å²) in [5, 5.41) is 7.46. The van der Waals surface area contributed by atoms with Crippen LogP contribution in [0.2, 0.25) is 0 Å². The summed E-state index contributed by atoms with van der Waals surface area (Å²) in [4.78, 5) is 26.6. The Morgan fingerprint density at radius 2 is 1.90 bits per heavy atom. The standard InChI is InChI=1S/C31H35N7O2/c1-4-30(39)33-25-18-26(29(40-3)19-28(25)38-16-11-21(12-17-38)37-14-7-15-37)35-31-32-13-10-24(34-31)23-20-36(2)27-9-6-5-8-22(23)27/h4-6,8-10,13,18-21H,1,7,11-12,14-17H2,2-3H3,(H,33,39)(H,32,34,35). The minimum absolute atomic E-state index is 0.262. The summed E-state index contributed by atoms with van der Waals surface area (Å²) >= 11 is 0. The Balaban J connectivity index is 1.30. The zero-order valence-corrected chi connectivity index (χ0v) is 23.1. The van der Waals surface area contributed by atoms with E-state index in [0.717, 1.165) is 53.8 Å². The normalized spacial score (nSPS) is 16.0. The number of amides is 1. The third-order valence-corrected chi connectivity index (χ3v) is 8.05. The smallest absolute Gasteiger partial charge is 0.247 e. The molecule has 4 heterocycles. The fourth-order valence-electron chi connectivity index (χ4n) is 5.79. The molecule has 2 aliphatic heterocycles. The summed E-state index contributed by atoms with van der Waals surface area (Å²) in [5.41, 5.74) is 5.28. The first-order valence-corrected chi connectivity index (χ1v) is 13.8. The summed E-state index contributed by atoms with van der Waals surface area (Å²) in [5.74, 6) is 0.825. The number of aryl methyl sites for hydroxylation is 1. The molecule has 2 aliphatic rings. The minimum atomic E-state index is -0.262. The molecule has 0 atom stereocenters. The number of rotatable bonds is 8. The van der Waals surface area contributed by atoms with E-state index in [4.69, 9.17) is 9.72 Å². The molecule has 2 aromatic carbocycles. The average molecular weight is 538 g/mol. The maximum Gasteiger partial charge on any atom is 0.247 e. The number of nitrogens with one attached hydrogen (secondary N) is 2. The van der Waals surface area contributed by atoms with Crippen LogP contribution in [0.1, 0.15) is 19.3 Å². The maximum atomic E-state index is 12.4. The molecule has 6 rings (SSSR count). The molecule has 0 saturated carbocycles. The number of carbonyl (C=O) groups excluding carboxylic acids is 1.